The van der Waals surface area contributed by atoms with Crippen LogP contribution in [0, 0.1) is 6.92 Å². The van der Waals surface area contributed by atoms with Crippen molar-refractivity contribution in [2.24, 2.45) is 5.84 Å². The minimum Gasteiger partial charge on any atom is -0.438 e. The van der Waals surface area contributed by atoms with Crippen molar-refractivity contribution in [1.29, 1.82) is 0 Å². The lowest BCUT2D eigenvalue weighted by Gasteiger charge is -2.14. The van der Waals surface area contributed by atoms with Gasteiger partial charge in [-0.15, -0.1) is 0 Å². The lowest BCUT2D eigenvalue weighted by Crippen LogP contribution is -2.13. The van der Waals surface area contributed by atoms with E-state index < -0.39 is 0 Å². The highest BCUT2D eigenvalue weighted by Gasteiger charge is 2.12. The predicted octanol–water partition coefficient (Wildman–Crippen LogP) is 2.99. The minimum absolute atomic E-state index is 0.547. The largest absolute Gasteiger partial charge is 0.438 e. The first-order valence-corrected chi connectivity index (χ1v) is 6.79. The molecule has 106 valence electrons. The molecule has 0 spiro atoms. The third kappa shape index (κ3) is 2.88. The number of para-hydroxylation sites is 1. The molecule has 1 heterocycles. The second kappa shape index (κ2) is 6.34. The molecular formula is C15H20N4O. The average Bonchev–Trinajstić information content (AvgIpc) is 2.49. The van der Waals surface area contributed by atoms with Crippen molar-refractivity contribution in [2.75, 3.05) is 5.43 Å². The third-order valence-electron chi connectivity index (χ3n) is 3.16. The van der Waals surface area contributed by atoms with Crippen LogP contribution in [0.3, 0.4) is 0 Å². The number of benzene rings is 1. The number of nitrogens with two attached hydrogens (primary N) is 1. The predicted molar refractivity (Wildman–Crippen MR) is 79.9 cm³/mol. The van der Waals surface area contributed by atoms with E-state index in [-0.39, 0.29) is 0 Å². The van der Waals surface area contributed by atoms with Crippen molar-refractivity contribution >= 4 is 5.82 Å². The summed E-state index contributed by atoms with van der Waals surface area (Å²) in [4.78, 5) is 8.77. The molecule has 20 heavy (non-hydrogen) atoms. The van der Waals surface area contributed by atoms with E-state index in [0.717, 1.165) is 29.7 Å². The number of hydrogen-bond acceptors (Lipinski definition) is 5. The van der Waals surface area contributed by atoms with Crippen LogP contribution in [-0.4, -0.2) is 9.97 Å². The minimum atomic E-state index is 0.547. The Hall–Kier alpha value is -2.14. The zero-order valence-corrected chi connectivity index (χ0v) is 12.1. The zero-order chi connectivity index (χ0) is 14.5. The number of nitrogen functional groups attached to an aromatic ring is 1. The van der Waals surface area contributed by atoms with Crippen LogP contribution in [0.4, 0.5) is 5.82 Å². The standard InChI is InChI=1S/C15H20N4O/c1-4-11-8-6-7-9-12(11)20-15-10(3)14(19-16)17-13(5-2)18-15/h6-9H,4-5,16H2,1-3H3,(H,17,18,19). The van der Waals surface area contributed by atoms with Crippen molar-refractivity contribution in [1.82, 2.24) is 9.97 Å². The first-order valence-electron chi connectivity index (χ1n) is 6.79. The highest BCUT2D eigenvalue weighted by molar-refractivity contribution is 5.49. The summed E-state index contributed by atoms with van der Waals surface area (Å²) in [5.41, 5.74) is 4.54. The monoisotopic (exact) mass is 272 g/mol. The van der Waals surface area contributed by atoms with Crippen LogP contribution >= 0.6 is 0 Å². The van der Waals surface area contributed by atoms with Gasteiger partial charge in [-0.05, 0) is 25.0 Å². The Kier molecular flexibility index (Phi) is 4.53. The first-order chi connectivity index (χ1) is 9.69. The van der Waals surface area contributed by atoms with Gasteiger partial charge < -0.3 is 10.2 Å². The summed E-state index contributed by atoms with van der Waals surface area (Å²) in [6.07, 6.45) is 1.63. The second-order valence-corrected chi connectivity index (χ2v) is 4.48. The van der Waals surface area contributed by atoms with Crippen LogP contribution in [-0.2, 0) is 12.8 Å². The molecule has 5 nitrogen and oxygen atoms in total. The van der Waals surface area contributed by atoms with E-state index in [2.05, 4.69) is 28.4 Å². The number of ether oxygens (including phenoxy) is 1. The second-order valence-electron chi connectivity index (χ2n) is 4.48. The zero-order valence-electron chi connectivity index (χ0n) is 12.1. The lowest BCUT2D eigenvalue weighted by atomic mass is 10.1. The third-order valence-corrected chi connectivity index (χ3v) is 3.16. The van der Waals surface area contributed by atoms with Gasteiger partial charge in [-0.2, -0.15) is 4.98 Å². The number of hydrazine groups is 1. The van der Waals surface area contributed by atoms with Crippen molar-refractivity contribution in [3.05, 3.63) is 41.2 Å². The van der Waals surface area contributed by atoms with Gasteiger partial charge in [0.1, 0.15) is 17.4 Å². The number of hydrogen-bond donors (Lipinski definition) is 2. The number of nitrogens with zero attached hydrogens (tertiary/aromatic N) is 2. The quantitative estimate of drug-likeness (QED) is 0.646. The molecule has 1 aromatic heterocycles. The molecule has 0 aliphatic rings. The molecule has 0 atom stereocenters. The maximum atomic E-state index is 5.97. The van der Waals surface area contributed by atoms with Crippen LogP contribution in [0.25, 0.3) is 0 Å². The smallest absolute Gasteiger partial charge is 0.227 e. The summed E-state index contributed by atoms with van der Waals surface area (Å²) in [5, 5.41) is 0. The lowest BCUT2D eigenvalue weighted by molar-refractivity contribution is 0.450. The Bertz CT molecular complexity index is 598. The van der Waals surface area contributed by atoms with E-state index in [4.69, 9.17) is 10.6 Å². The fraction of sp³-hybridized carbons (Fsp3) is 0.333. The van der Waals surface area contributed by atoms with Crippen LogP contribution in [0.2, 0.25) is 0 Å². The molecular weight excluding hydrogens is 252 g/mol. The molecule has 3 N–H and O–H groups in total. The van der Waals surface area contributed by atoms with E-state index in [1.54, 1.807) is 0 Å². The highest BCUT2D eigenvalue weighted by Crippen LogP contribution is 2.29. The van der Waals surface area contributed by atoms with Crippen LogP contribution in [0.5, 0.6) is 11.6 Å². The van der Waals surface area contributed by atoms with Gasteiger partial charge in [0.25, 0.3) is 0 Å². The number of nitrogens with one attached hydrogen (secondary N) is 1. The summed E-state index contributed by atoms with van der Waals surface area (Å²) < 4.78 is 5.97. The topological polar surface area (TPSA) is 73.1 Å². The van der Waals surface area contributed by atoms with E-state index in [1.807, 2.05) is 32.0 Å². The van der Waals surface area contributed by atoms with Gasteiger partial charge in [-0.1, -0.05) is 32.0 Å². The molecule has 0 radical (unpaired) electrons. The Morgan fingerprint density at radius 1 is 1.15 bits per heavy atom. The van der Waals surface area contributed by atoms with Crippen molar-refractivity contribution < 1.29 is 4.74 Å². The summed E-state index contributed by atoms with van der Waals surface area (Å²) in [6, 6.07) is 7.95. The SMILES string of the molecule is CCc1nc(NN)c(C)c(Oc2ccccc2CC)n1. The van der Waals surface area contributed by atoms with Crippen molar-refractivity contribution in [3.63, 3.8) is 0 Å². The maximum Gasteiger partial charge on any atom is 0.227 e. The van der Waals surface area contributed by atoms with Crippen LogP contribution in [0.15, 0.2) is 24.3 Å². The molecule has 1 aromatic carbocycles. The van der Waals surface area contributed by atoms with Gasteiger partial charge in [0.05, 0.1) is 5.56 Å². The van der Waals surface area contributed by atoms with Crippen LogP contribution in [0.1, 0.15) is 30.8 Å². The number of anilines is 1. The molecule has 0 bridgehead atoms. The Labute approximate surface area is 119 Å². The number of aryl methyl sites for hydroxylation is 2. The fourth-order valence-corrected chi connectivity index (χ4v) is 1.94. The molecule has 0 fully saturated rings. The van der Waals surface area contributed by atoms with E-state index in [1.165, 1.54) is 0 Å². The summed E-state index contributed by atoms with van der Waals surface area (Å²) in [6.45, 7) is 5.98. The fourth-order valence-electron chi connectivity index (χ4n) is 1.94. The van der Waals surface area contributed by atoms with Crippen LogP contribution < -0.4 is 16.0 Å². The maximum absolute atomic E-state index is 5.97. The van der Waals surface area contributed by atoms with E-state index in [9.17, 15) is 0 Å². The molecule has 0 unspecified atom stereocenters. The van der Waals surface area contributed by atoms with Gasteiger partial charge in [-0.25, -0.2) is 10.8 Å². The molecule has 2 aromatic rings. The average molecular weight is 272 g/mol. The van der Waals surface area contributed by atoms with Crippen molar-refractivity contribution in [3.8, 4) is 11.6 Å². The van der Waals surface area contributed by atoms with Crippen molar-refractivity contribution in [2.45, 2.75) is 33.6 Å². The molecule has 0 saturated heterocycles. The molecule has 0 saturated carbocycles. The van der Waals surface area contributed by atoms with Gasteiger partial charge >= 0.3 is 0 Å². The summed E-state index contributed by atoms with van der Waals surface area (Å²) >= 11 is 0. The van der Waals surface area contributed by atoms with Gasteiger partial charge in [0, 0.05) is 6.42 Å². The van der Waals surface area contributed by atoms with E-state index >= 15 is 0 Å². The molecule has 0 amide bonds. The van der Waals surface area contributed by atoms with Gasteiger partial charge in [0.15, 0.2) is 0 Å². The molecule has 0 aliphatic carbocycles. The van der Waals surface area contributed by atoms with Gasteiger partial charge in [-0.3, -0.25) is 0 Å². The summed E-state index contributed by atoms with van der Waals surface area (Å²) in [5.74, 6) is 8.16. The number of aromatic nitrogens is 2. The normalized spacial score (nSPS) is 10.4. The Morgan fingerprint density at radius 3 is 2.55 bits per heavy atom. The highest BCUT2D eigenvalue weighted by atomic mass is 16.5. The first kappa shape index (κ1) is 14.3. The number of rotatable bonds is 5. The summed E-state index contributed by atoms with van der Waals surface area (Å²) in [7, 11) is 0. The van der Waals surface area contributed by atoms with E-state index in [0.29, 0.717) is 17.5 Å². The molecule has 2 rings (SSSR count). The Balaban J connectivity index is 2.42. The Morgan fingerprint density at radius 2 is 1.90 bits per heavy atom. The van der Waals surface area contributed by atoms with Gasteiger partial charge in [0.2, 0.25) is 5.88 Å². The molecule has 0 aliphatic heterocycles. The molecule has 5 heteroatoms.